The smallest absolute Gasteiger partial charge is 0.255 e. The van der Waals surface area contributed by atoms with Crippen molar-refractivity contribution in [1.82, 2.24) is 18.8 Å². The Bertz CT molecular complexity index is 1080. The third-order valence-electron chi connectivity index (χ3n) is 6.00. The SMILES string of the molecule is C=CS(=O)(=O)N1CCC(Nc2ncc3cc(C)c(=O)n(C4CCCC4)c3n2)CC1. The summed E-state index contributed by atoms with van der Waals surface area (Å²) in [5, 5.41) is 5.19. The Morgan fingerprint density at radius 1 is 1.21 bits per heavy atom. The summed E-state index contributed by atoms with van der Waals surface area (Å²) < 4.78 is 27.1. The van der Waals surface area contributed by atoms with Crippen LogP contribution in [0.5, 0.6) is 0 Å². The van der Waals surface area contributed by atoms with Crippen LogP contribution in [0, 0.1) is 6.92 Å². The van der Waals surface area contributed by atoms with Gasteiger partial charge in [0, 0.05) is 47.7 Å². The van der Waals surface area contributed by atoms with Crippen molar-refractivity contribution in [3.63, 3.8) is 0 Å². The van der Waals surface area contributed by atoms with E-state index in [2.05, 4.69) is 16.9 Å². The second kappa shape index (κ2) is 7.87. The maximum Gasteiger partial charge on any atom is 0.255 e. The van der Waals surface area contributed by atoms with Gasteiger partial charge in [-0.15, -0.1) is 0 Å². The minimum atomic E-state index is -3.37. The Labute approximate surface area is 170 Å². The molecule has 2 aromatic rings. The Hall–Kier alpha value is -2.26. The highest BCUT2D eigenvalue weighted by molar-refractivity contribution is 7.92. The molecule has 1 aliphatic heterocycles. The van der Waals surface area contributed by atoms with Crippen LogP contribution in [0.4, 0.5) is 5.95 Å². The third-order valence-corrected chi connectivity index (χ3v) is 7.51. The number of nitrogens with zero attached hydrogens (tertiary/aromatic N) is 4. The molecule has 1 saturated heterocycles. The van der Waals surface area contributed by atoms with Crippen molar-refractivity contribution in [2.75, 3.05) is 18.4 Å². The molecule has 1 N–H and O–H groups in total. The van der Waals surface area contributed by atoms with Gasteiger partial charge < -0.3 is 5.32 Å². The zero-order chi connectivity index (χ0) is 20.6. The number of sulfonamides is 1. The van der Waals surface area contributed by atoms with Gasteiger partial charge in [-0.05, 0) is 38.7 Å². The van der Waals surface area contributed by atoms with E-state index in [1.807, 2.05) is 17.6 Å². The molecule has 29 heavy (non-hydrogen) atoms. The first-order valence-electron chi connectivity index (χ1n) is 10.2. The highest BCUT2D eigenvalue weighted by Gasteiger charge is 2.27. The summed E-state index contributed by atoms with van der Waals surface area (Å²) in [6.45, 7) is 6.09. The molecular weight excluding hydrogens is 390 g/mol. The van der Waals surface area contributed by atoms with Gasteiger partial charge in [0.15, 0.2) is 0 Å². The van der Waals surface area contributed by atoms with E-state index in [0.29, 0.717) is 43.1 Å². The molecule has 2 fully saturated rings. The topological polar surface area (TPSA) is 97.2 Å². The lowest BCUT2D eigenvalue weighted by atomic mass is 10.1. The molecule has 2 aliphatic rings. The van der Waals surface area contributed by atoms with Crippen molar-refractivity contribution in [2.45, 2.75) is 57.5 Å². The molecular formula is C20H27N5O3S. The van der Waals surface area contributed by atoms with Crippen LogP contribution in [0.25, 0.3) is 11.0 Å². The molecule has 3 heterocycles. The molecule has 0 radical (unpaired) electrons. The Balaban J connectivity index is 1.58. The number of anilines is 1. The number of pyridine rings is 1. The molecule has 156 valence electrons. The number of aromatic nitrogens is 3. The third kappa shape index (κ3) is 3.93. The highest BCUT2D eigenvalue weighted by Crippen LogP contribution is 2.30. The van der Waals surface area contributed by atoms with E-state index in [-0.39, 0.29) is 17.6 Å². The first-order valence-corrected chi connectivity index (χ1v) is 11.7. The lowest BCUT2D eigenvalue weighted by Crippen LogP contribution is -2.41. The maximum absolute atomic E-state index is 12.8. The number of hydrogen-bond acceptors (Lipinski definition) is 6. The van der Waals surface area contributed by atoms with E-state index in [1.165, 1.54) is 4.31 Å². The molecule has 0 unspecified atom stereocenters. The van der Waals surface area contributed by atoms with Gasteiger partial charge in [-0.25, -0.2) is 13.4 Å². The van der Waals surface area contributed by atoms with Crippen LogP contribution in [0.15, 0.2) is 29.0 Å². The van der Waals surface area contributed by atoms with E-state index < -0.39 is 10.0 Å². The van der Waals surface area contributed by atoms with Crippen LogP contribution in [-0.2, 0) is 10.0 Å². The standard InChI is InChI=1S/C20H27N5O3S/c1-3-29(27,28)24-10-8-16(9-11-24)22-20-21-13-15-12-14(2)19(26)25(18(15)23-20)17-6-4-5-7-17/h3,12-13,16-17H,1,4-11H2,2H3,(H,21,22,23). The fourth-order valence-electron chi connectivity index (χ4n) is 4.37. The van der Waals surface area contributed by atoms with Crippen molar-refractivity contribution in [2.24, 2.45) is 0 Å². The molecule has 0 amide bonds. The number of fused-ring (bicyclic) bond motifs is 1. The number of nitrogens with one attached hydrogen (secondary N) is 1. The summed E-state index contributed by atoms with van der Waals surface area (Å²) in [6, 6.07) is 2.13. The summed E-state index contributed by atoms with van der Waals surface area (Å²) in [4.78, 5) is 22.0. The number of piperidine rings is 1. The number of rotatable bonds is 5. The lowest BCUT2D eigenvalue weighted by Gasteiger charge is -2.30. The fraction of sp³-hybridized carbons (Fsp3) is 0.550. The molecule has 4 rings (SSSR count). The van der Waals surface area contributed by atoms with Gasteiger partial charge in [-0.3, -0.25) is 9.36 Å². The average molecular weight is 418 g/mol. The van der Waals surface area contributed by atoms with Gasteiger partial charge in [-0.1, -0.05) is 19.4 Å². The van der Waals surface area contributed by atoms with Crippen LogP contribution < -0.4 is 10.9 Å². The maximum atomic E-state index is 12.8. The first-order chi connectivity index (χ1) is 13.9. The van der Waals surface area contributed by atoms with Crippen molar-refractivity contribution < 1.29 is 8.42 Å². The van der Waals surface area contributed by atoms with Crippen LogP contribution in [0.2, 0.25) is 0 Å². The van der Waals surface area contributed by atoms with Crippen molar-refractivity contribution >= 4 is 27.0 Å². The Morgan fingerprint density at radius 2 is 1.90 bits per heavy atom. The van der Waals surface area contributed by atoms with Gasteiger partial charge in [-0.2, -0.15) is 9.29 Å². The van der Waals surface area contributed by atoms with E-state index in [9.17, 15) is 13.2 Å². The number of hydrogen-bond donors (Lipinski definition) is 1. The molecule has 0 aromatic carbocycles. The number of aryl methyl sites for hydroxylation is 1. The second-order valence-corrected chi connectivity index (χ2v) is 9.82. The largest absolute Gasteiger partial charge is 0.351 e. The Morgan fingerprint density at radius 3 is 2.55 bits per heavy atom. The fourth-order valence-corrected chi connectivity index (χ4v) is 5.30. The van der Waals surface area contributed by atoms with Crippen LogP contribution >= 0.6 is 0 Å². The van der Waals surface area contributed by atoms with Gasteiger partial charge in [0.05, 0.1) is 0 Å². The molecule has 0 atom stereocenters. The Kier molecular flexibility index (Phi) is 5.44. The van der Waals surface area contributed by atoms with Crippen molar-refractivity contribution in [3.05, 3.63) is 40.2 Å². The van der Waals surface area contributed by atoms with Crippen LogP contribution in [0.1, 0.15) is 50.1 Å². The quantitative estimate of drug-likeness (QED) is 0.803. The lowest BCUT2D eigenvalue weighted by molar-refractivity contribution is 0.332. The highest BCUT2D eigenvalue weighted by atomic mass is 32.2. The predicted molar refractivity (Wildman–Crippen MR) is 113 cm³/mol. The molecule has 1 aliphatic carbocycles. The van der Waals surface area contributed by atoms with Crippen molar-refractivity contribution in [3.8, 4) is 0 Å². The molecule has 0 spiro atoms. The first kappa shape index (κ1) is 20.0. The summed E-state index contributed by atoms with van der Waals surface area (Å²) in [6.07, 6.45) is 7.36. The molecule has 2 aromatic heterocycles. The summed E-state index contributed by atoms with van der Waals surface area (Å²) in [5.74, 6) is 0.484. The zero-order valence-corrected chi connectivity index (χ0v) is 17.5. The summed E-state index contributed by atoms with van der Waals surface area (Å²) in [7, 11) is -3.37. The van der Waals surface area contributed by atoms with E-state index in [0.717, 1.165) is 36.5 Å². The summed E-state index contributed by atoms with van der Waals surface area (Å²) in [5.41, 5.74) is 1.41. The van der Waals surface area contributed by atoms with E-state index >= 15 is 0 Å². The van der Waals surface area contributed by atoms with E-state index in [4.69, 9.17) is 4.98 Å². The monoisotopic (exact) mass is 417 g/mol. The molecule has 0 bridgehead atoms. The van der Waals surface area contributed by atoms with Gasteiger partial charge in [0.2, 0.25) is 16.0 Å². The summed E-state index contributed by atoms with van der Waals surface area (Å²) >= 11 is 0. The zero-order valence-electron chi connectivity index (χ0n) is 16.7. The normalized spacial score (nSPS) is 19.6. The van der Waals surface area contributed by atoms with Gasteiger partial charge >= 0.3 is 0 Å². The van der Waals surface area contributed by atoms with Crippen LogP contribution in [0.3, 0.4) is 0 Å². The van der Waals surface area contributed by atoms with Crippen LogP contribution in [-0.4, -0.2) is 46.4 Å². The minimum absolute atomic E-state index is 0.0250. The average Bonchev–Trinajstić information content (AvgIpc) is 3.24. The van der Waals surface area contributed by atoms with E-state index in [1.54, 1.807) is 6.20 Å². The minimum Gasteiger partial charge on any atom is -0.351 e. The molecule has 1 saturated carbocycles. The van der Waals surface area contributed by atoms with Crippen molar-refractivity contribution in [1.29, 1.82) is 0 Å². The second-order valence-electron chi connectivity index (χ2n) is 7.94. The van der Waals surface area contributed by atoms with Gasteiger partial charge in [0.25, 0.3) is 5.56 Å². The van der Waals surface area contributed by atoms with Gasteiger partial charge in [0.1, 0.15) is 5.65 Å². The molecule has 8 nitrogen and oxygen atoms in total. The molecule has 9 heteroatoms. The predicted octanol–water partition coefficient (Wildman–Crippen LogP) is 2.56.